The van der Waals surface area contributed by atoms with Crippen LogP contribution in [-0.4, -0.2) is 7.11 Å². The summed E-state index contributed by atoms with van der Waals surface area (Å²) in [5.74, 6) is 2.86. The van der Waals surface area contributed by atoms with Gasteiger partial charge in [0.15, 0.2) is 0 Å². The molecule has 1 aliphatic heterocycles. The van der Waals surface area contributed by atoms with Crippen molar-refractivity contribution in [1.29, 1.82) is 0 Å². The van der Waals surface area contributed by atoms with E-state index in [0.717, 1.165) is 51.2 Å². The number of rotatable bonds is 1. The first kappa shape index (κ1) is 27.7. The maximum atomic E-state index is 6.73. The molecule has 0 radical (unpaired) electrons. The van der Waals surface area contributed by atoms with Crippen molar-refractivity contribution in [1.82, 2.24) is 0 Å². The molecule has 0 amide bonds. The van der Waals surface area contributed by atoms with E-state index in [1.807, 2.05) is 0 Å². The molecule has 1 aliphatic rings. The van der Waals surface area contributed by atoms with Crippen LogP contribution in [0.2, 0.25) is 0 Å². The topological polar surface area (TPSA) is 35.5 Å². The maximum Gasteiger partial charge on any atom is 0.137 e. The lowest BCUT2D eigenvalue weighted by molar-refractivity contribution is 0.404. The average Bonchev–Trinajstić information content (AvgIpc) is 3.45. The molecular weight excluding hydrogens is 504 g/mol. The lowest BCUT2D eigenvalue weighted by atomic mass is 9.82. The molecule has 0 atom stereocenters. The van der Waals surface area contributed by atoms with Crippen molar-refractivity contribution in [2.75, 3.05) is 7.11 Å². The van der Waals surface area contributed by atoms with Crippen molar-refractivity contribution < 1.29 is 13.6 Å². The molecule has 3 nitrogen and oxygen atoms in total. The normalized spacial score (nSPS) is 14.3. The van der Waals surface area contributed by atoms with Gasteiger partial charge in [-0.15, -0.1) is 0 Å². The van der Waals surface area contributed by atoms with E-state index in [1.165, 1.54) is 33.4 Å². The highest BCUT2D eigenvalue weighted by Crippen LogP contribution is 2.40. The van der Waals surface area contributed by atoms with E-state index >= 15 is 0 Å². The van der Waals surface area contributed by atoms with E-state index in [0.29, 0.717) is 12.8 Å². The zero-order valence-electron chi connectivity index (χ0n) is 26.5. The SMILES string of the molecule is COc1c2cc(C(C)(C)C)cc1Cc1cc(C(C)(C)C)cc3cc(oc13)Cc1cc(C(C)(C)C)cc3cc(oc13)C2. The van der Waals surface area contributed by atoms with Crippen LogP contribution < -0.4 is 4.74 Å². The van der Waals surface area contributed by atoms with Crippen molar-refractivity contribution in [2.45, 2.75) is 97.8 Å². The lowest BCUT2D eigenvalue weighted by Gasteiger charge is -2.24. The molecule has 0 N–H and O–H groups in total. The monoisotopic (exact) mass is 548 g/mol. The third-order valence-corrected chi connectivity index (χ3v) is 8.64. The Hall–Kier alpha value is -3.46. The first-order valence-electron chi connectivity index (χ1n) is 14.9. The standard InChI is InChI=1S/C38H44O3/c1-36(2,3)28-12-22-11-23-13-29(37(4,5)6)15-25-19-32(40-34(23)25)21-27-17-30(38(7,8)9)16-26-20-31(41-35(26)27)18-24(14-28)33(22)39-10/h12-17,19-20H,11,18,21H2,1-10H3. The predicted octanol–water partition coefficient (Wildman–Crippen LogP) is 10.2. The van der Waals surface area contributed by atoms with Crippen LogP contribution in [0.4, 0.5) is 0 Å². The van der Waals surface area contributed by atoms with Crippen LogP contribution in [-0.2, 0) is 35.5 Å². The molecule has 3 heterocycles. The van der Waals surface area contributed by atoms with E-state index in [1.54, 1.807) is 7.11 Å². The summed E-state index contributed by atoms with van der Waals surface area (Å²) in [5, 5.41) is 2.31. The predicted molar refractivity (Wildman–Crippen MR) is 170 cm³/mol. The van der Waals surface area contributed by atoms with Crippen LogP contribution in [0, 0.1) is 0 Å². The summed E-state index contributed by atoms with van der Waals surface area (Å²) in [6, 6.07) is 18.4. The minimum Gasteiger partial charge on any atom is -0.496 e. The van der Waals surface area contributed by atoms with Crippen LogP contribution in [0.1, 0.15) is 113 Å². The second-order valence-corrected chi connectivity index (χ2v) is 15.1. The van der Waals surface area contributed by atoms with E-state index in [9.17, 15) is 0 Å². The Morgan fingerprint density at radius 1 is 0.488 bits per heavy atom. The molecule has 5 aromatic rings. The molecule has 6 bridgehead atoms. The summed E-state index contributed by atoms with van der Waals surface area (Å²) < 4.78 is 19.6. The molecular formula is C38H44O3. The van der Waals surface area contributed by atoms with Crippen LogP contribution in [0.15, 0.2) is 57.4 Å². The number of hydrogen-bond donors (Lipinski definition) is 0. The largest absolute Gasteiger partial charge is 0.496 e. The van der Waals surface area contributed by atoms with E-state index in [2.05, 4.69) is 111 Å². The van der Waals surface area contributed by atoms with Gasteiger partial charge in [-0.1, -0.05) is 86.6 Å². The summed E-state index contributed by atoms with van der Waals surface area (Å²) in [6.45, 7) is 20.5. The summed E-state index contributed by atoms with van der Waals surface area (Å²) in [4.78, 5) is 0. The molecule has 2 aromatic heterocycles. The van der Waals surface area contributed by atoms with Crippen molar-refractivity contribution in [3.05, 3.63) is 99.0 Å². The molecule has 3 heteroatoms. The summed E-state index contributed by atoms with van der Waals surface area (Å²) in [6.07, 6.45) is 2.11. The molecule has 0 unspecified atom stereocenters. The molecule has 214 valence electrons. The Morgan fingerprint density at radius 2 is 0.854 bits per heavy atom. The van der Waals surface area contributed by atoms with Crippen LogP contribution >= 0.6 is 0 Å². The van der Waals surface area contributed by atoms with Gasteiger partial charge in [0.2, 0.25) is 0 Å². The number of fused-ring (bicyclic) bond motifs is 4. The van der Waals surface area contributed by atoms with Crippen LogP contribution in [0.25, 0.3) is 21.9 Å². The number of furan rings is 2. The summed E-state index contributed by atoms with van der Waals surface area (Å²) in [7, 11) is 1.79. The van der Waals surface area contributed by atoms with E-state index in [-0.39, 0.29) is 16.2 Å². The quantitative estimate of drug-likeness (QED) is 0.205. The number of ether oxygens (including phenoxy) is 1. The zero-order chi connectivity index (χ0) is 29.5. The van der Waals surface area contributed by atoms with Gasteiger partial charge in [-0.05, 0) is 62.8 Å². The number of hydrogen-bond acceptors (Lipinski definition) is 3. The lowest BCUT2D eigenvalue weighted by Crippen LogP contribution is -2.14. The molecule has 3 aromatic carbocycles. The molecule has 0 saturated carbocycles. The third kappa shape index (κ3) is 5.09. The summed E-state index contributed by atoms with van der Waals surface area (Å²) in [5.41, 5.74) is 10.6. The second kappa shape index (κ2) is 9.28. The van der Waals surface area contributed by atoms with Gasteiger partial charge < -0.3 is 13.6 Å². The average molecular weight is 549 g/mol. The molecule has 41 heavy (non-hydrogen) atoms. The van der Waals surface area contributed by atoms with Gasteiger partial charge in [0.25, 0.3) is 0 Å². The van der Waals surface area contributed by atoms with Crippen molar-refractivity contribution in [2.24, 2.45) is 0 Å². The minimum atomic E-state index is -0.00963. The van der Waals surface area contributed by atoms with E-state index in [4.69, 9.17) is 13.6 Å². The highest BCUT2D eigenvalue weighted by Gasteiger charge is 2.25. The smallest absolute Gasteiger partial charge is 0.137 e. The van der Waals surface area contributed by atoms with Gasteiger partial charge in [-0.25, -0.2) is 0 Å². The third-order valence-electron chi connectivity index (χ3n) is 8.64. The van der Waals surface area contributed by atoms with Gasteiger partial charge in [-0.2, -0.15) is 0 Å². The highest BCUT2D eigenvalue weighted by molar-refractivity contribution is 5.85. The Balaban J connectivity index is 1.70. The maximum absolute atomic E-state index is 6.73. The molecule has 0 aliphatic carbocycles. The first-order chi connectivity index (χ1) is 19.1. The Kier molecular flexibility index (Phi) is 6.27. The van der Waals surface area contributed by atoms with Gasteiger partial charge >= 0.3 is 0 Å². The number of methoxy groups -OCH3 is 1. The molecule has 0 spiro atoms. The Labute approximate surface area is 244 Å². The fourth-order valence-corrected chi connectivity index (χ4v) is 6.15. The van der Waals surface area contributed by atoms with Gasteiger partial charge in [0, 0.05) is 46.7 Å². The fourth-order valence-electron chi connectivity index (χ4n) is 6.15. The van der Waals surface area contributed by atoms with Gasteiger partial charge in [0.1, 0.15) is 28.4 Å². The Morgan fingerprint density at radius 3 is 1.29 bits per heavy atom. The number of benzene rings is 3. The van der Waals surface area contributed by atoms with Gasteiger partial charge in [0.05, 0.1) is 7.11 Å². The molecule has 0 saturated heterocycles. The van der Waals surface area contributed by atoms with Crippen LogP contribution in [0.5, 0.6) is 5.75 Å². The minimum absolute atomic E-state index is 0.00963. The summed E-state index contributed by atoms with van der Waals surface area (Å²) >= 11 is 0. The first-order valence-corrected chi connectivity index (χ1v) is 14.9. The second-order valence-electron chi connectivity index (χ2n) is 15.1. The Bertz CT molecular complexity index is 1790. The van der Waals surface area contributed by atoms with Crippen molar-refractivity contribution in [3.63, 3.8) is 0 Å². The van der Waals surface area contributed by atoms with E-state index < -0.39 is 0 Å². The highest BCUT2D eigenvalue weighted by atomic mass is 16.5. The van der Waals surface area contributed by atoms with Crippen molar-refractivity contribution in [3.8, 4) is 5.75 Å². The van der Waals surface area contributed by atoms with Gasteiger partial charge in [-0.3, -0.25) is 0 Å². The molecule has 0 fully saturated rings. The van der Waals surface area contributed by atoms with Crippen molar-refractivity contribution >= 4 is 21.9 Å². The zero-order valence-corrected chi connectivity index (χ0v) is 26.5. The fraction of sp³-hybridized carbons (Fsp3) is 0.421. The van der Waals surface area contributed by atoms with Crippen LogP contribution in [0.3, 0.4) is 0 Å². The molecule has 6 rings (SSSR count).